The Morgan fingerprint density at radius 2 is 2.43 bits per heavy atom. The third kappa shape index (κ3) is 2.59. The first kappa shape index (κ1) is 9.74. The molecule has 0 amide bonds. The Bertz CT molecular complexity index is 239. The van der Waals surface area contributed by atoms with E-state index in [1.165, 1.54) is 25.0 Å². The van der Waals surface area contributed by atoms with Crippen LogP contribution in [0.25, 0.3) is 0 Å². The van der Waals surface area contributed by atoms with Crippen molar-refractivity contribution in [1.29, 1.82) is 0 Å². The first-order valence-electron chi connectivity index (χ1n) is 5.42. The van der Waals surface area contributed by atoms with Crippen molar-refractivity contribution in [3.05, 3.63) is 23.9 Å². The van der Waals surface area contributed by atoms with Crippen molar-refractivity contribution < 1.29 is 0 Å². The summed E-state index contributed by atoms with van der Waals surface area (Å²) in [6.07, 6.45) is 9.21. The predicted molar refractivity (Wildman–Crippen MR) is 58.8 cm³/mol. The summed E-state index contributed by atoms with van der Waals surface area (Å²) < 4.78 is 0. The van der Waals surface area contributed by atoms with Gasteiger partial charge in [-0.05, 0) is 44.7 Å². The third-order valence-corrected chi connectivity index (χ3v) is 2.76. The molecule has 1 saturated heterocycles. The minimum atomic E-state index is 0.310. The van der Waals surface area contributed by atoms with Gasteiger partial charge >= 0.3 is 0 Å². The van der Waals surface area contributed by atoms with E-state index < -0.39 is 0 Å². The van der Waals surface area contributed by atoms with Crippen LogP contribution in [0, 0.1) is 0 Å². The quantitative estimate of drug-likeness (QED) is 0.605. The van der Waals surface area contributed by atoms with Crippen LogP contribution in [0.15, 0.2) is 23.9 Å². The second-order valence-electron chi connectivity index (χ2n) is 4.10. The van der Waals surface area contributed by atoms with Gasteiger partial charge in [0.1, 0.15) is 0 Å². The zero-order valence-corrected chi connectivity index (χ0v) is 8.72. The maximum atomic E-state index is 3.59. The summed E-state index contributed by atoms with van der Waals surface area (Å²) in [6.45, 7) is 4.39. The Balaban J connectivity index is 1.82. The van der Waals surface area contributed by atoms with Gasteiger partial charge in [-0.15, -0.1) is 0 Å². The lowest BCUT2D eigenvalue weighted by atomic mass is 10.1. The molecule has 0 bridgehead atoms. The fraction of sp³-hybridized carbons (Fsp3) is 0.636. The number of nitrogens with one attached hydrogen (secondary N) is 3. The third-order valence-electron chi connectivity index (χ3n) is 2.76. The molecule has 0 spiro atoms. The van der Waals surface area contributed by atoms with E-state index in [2.05, 4.69) is 35.0 Å². The fourth-order valence-corrected chi connectivity index (χ4v) is 1.99. The molecule has 2 aliphatic heterocycles. The van der Waals surface area contributed by atoms with Crippen molar-refractivity contribution in [2.45, 2.75) is 32.0 Å². The highest BCUT2D eigenvalue weighted by Crippen LogP contribution is 2.06. The Morgan fingerprint density at radius 3 is 3.14 bits per heavy atom. The second kappa shape index (κ2) is 4.62. The van der Waals surface area contributed by atoms with Crippen molar-refractivity contribution in [1.82, 2.24) is 16.0 Å². The molecule has 2 aliphatic rings. The minimum Gasteiger partial charge on any atom is -0.372 e. The Labute approximate surface area is 85.6 Å². The molecule has 0 aromatic carbocycles. The normalized spacial score (nSPS) is 32.2. The molecule has 0 aromatic rings. The molecule has 1 unspecified atom stereocenters. The molecule has 1 fully saturated rings. The van der Waals surface area contributed by atoms with Gasteiger partial charge in [-0.3, -0.25) is 5.32 Å². The molecule has 14 heavy (non-hydrogen) atoms. The monoisotopic (exact) mass is 193 g/mol. The van der Waals surface area contributed by atoms with Crippen molar-refractivity contribution >= 4 is 0 Å². The molecular formula is C11H19N3. The molecule has 3 nitrogen and oxygen atoms in total. The number of dihydropyridines is 1. The molecule has 2 rings (SSSR count). The van der Waals surface area contributed by atoms with E-state index in [1.807, 2.05) is 6.20 Å². The van der Waals surface area contributed by atoms with Gasteiger partial charge in [0, 0.05) is 12.6 Å². The lowest BCUT2D eigenvalue weighted by Crippen LogP contribution is -2.51. The predicted octanol–water partition coefficient (Wildman–Crippen LogP) is 0.717. The van der Waals surface area contributed by atoms with Gasteiger partial charge in [0.05, 0.1) is 6.17 Å². The van der Waals surface area contributed by atoms with Crippen LogP contribution < -0.4 is 16.0 Å². The molecule has 3 N–H and O–H groups in total. The van der Waals surface area contributed by atoms with E-state index in [9.17, 15) is 0 Å². The highest BCUT2D eigenvalue weighted by molar-refractivity contribution is 5.22. The van der Waals surface area contributed by atoms with E-state index in [0.717, 1.165) is 6.54 Å². The molecule has 78 valence electrons. The average molecular weight is 193 g/mol. The van der Waals surface area contributed by atoms with Gasteiger partial charge in [0.2, 0.25) is 0 Å². The minimum absolute atomic E-state index is 0.310. The molecular weight excluding hydrogens is 174 g/mol. The molecule has 0 aliphatic carbocycles. The standard InChI is InChI=1S/C11H19N3/c1-9-4-6-13-11(7-9)14-10-3-2-5-12-8-10/h4,6-7,10-14H,2-3,5,8H2,1H3/t10-,11?/m0/s1. The van der Waals surface area contributed by atoms with Gasteiger partial charge in [0.25, 0.3) is 0 Å². The van der Waals surface area contributed by atoms with E-state index in [0.29, 0.717) is 12.2 Å². The summed E-state index contributed by atoms with van der Waals surface area (Å²) in [6, 6.07) is 0.608. The Kier molecular flexibility index (Phi) is 3.22. The van der Waals surface area contributed by atoms with Crippen molar-refractivity contribution in [3.63, 3.8) is 0 Å². The Hall–Kier alpha value is -0.800. The van der Waals surface area contributed by atoms with Crippen molar-refractivity contribution in [3.8, 4) is 0 Å². The van der Waals surface area contributed by atoms with Crippen LogP contribution in [0.1, 0.15) is 19.8 Å². The second-order valence-corrected chi connectivity index (χ2v) is 4.10. The summed E-state index contributed by atoms with van der Waals surface area (Å²) >= 11 is 0. The smallest absolute Gasteiger partial charge is 0.0964 e. The van der Waals surface area contributed by atoms with Crippen LogP contribution in [-0.4, -0.2) is 25.3 Å². The van der Waals surface area contributed by atoms with Crippen LogP contribution in [-0.2, 0) is 0 Å². The summed E-state index contributed by atoms with van der Waals surface area (Å²) in [7, 11) is 0. The maximum Gasteiger partial charge on any atom is 0.0964 e. The van der Waals surface area contributed by atoms with E-state index >= 15 is 0 Å². The van der Waals surface area contributed by atoms with Crippen molar-refractivity contribution in [2.75, 3.05) is 13.1 Å². The summed E-state index contributed by atoms with van der Waals surface area (Å²) in [5.74, 6) is 0. The number of hydrogen-bond acceptors (Lipinski definition) is 3. The number of piperidine rings is 1. The molecule has 0 saturated carbocycles. The fourth-order valence-electron chi connectivity index (χ4n) is 1.99. The lowest BCUT2D eigenvalue weighted by molar-refractivity contribution is 0.358. The molecule has 3 heteroatoms. The number of allylic oxidation sites excluding steroid dienone is 2. The number of hydrogen-bond donors (Lipinski definition) is 3. The molecule has 2 atom stereocenters. The topological polar surface area (TPSA) is 36.1 Å². The molecule has 0 aromatic heterocycles. The lowest BCUT2D eigenvalue weighted by Gasteiger charge is -2.29. The van der Waals surface area contributed by atoms with Crippen LogP contribution in [0.4, 0.5) is 0 Å². The first-order valence-corrected chi connectivity index (χ1v) is 5.42. The van der Waals surface area contributed by atoms with Gasteiger partial charge < -0.3 is 10.6 Å². The van der Waals surface area contributed by atoms with Gasteiger partial charge in [-0.1, -0.05) is 5.57 Å². The molecule has 0 radical (unpaired) electrons. The van der Waals surface area contributed by atoms with Crippen LogP contribution in [0.3, 0.4) is 0 Å². The van der Waals surface area contributed by atoms with E-state index in [-0.39, 0.29) is 0 Å². The molecule has 2 heterocycles. The SMILES string of the molecule is CC1=CC(N[C@H]2CCCNC2)NC=C1. The highest BCUT2D eigenvalue weighted by Gasteiger charge is 2.16. The largest absolute Gasteiger partial charge is 0.372 e. The average Bonchev–Trinajstić information content (AvgIpc) is 2.19. The van der Waals surface area contributed by atoms with E-state index in [1.54, 1.807) is 0 Å². The zero-order valence-electron chi connectivity index (χ0n) is 8.72. The van der Waals surface area contributed by atoms with E-state index in [4.69, 9.17) is 0 Å². The zero-order chi connectivity index (χ0) is 9.80. The maximum absolute atomic E-state index is 3.59. The number of rotatable bonds is 2. The van der Waals surface area contributed by atoms with Gasteiger partial charge in [0.15, 0.2) is 0 Å². The summed E-state index contributed by atoms with van der Waals surface area (Å²) in [5, 5.41) is 10.3. The van der Waals surface area contributed by atoms with Gasteiger partial charge in [-0.25, -0.2) is 0 Å². The highest BCUT2D eigenvalue weighted by atomic mass is 15.1. The summed E-state index contributed by atoms with van der Waals surface area (Å²) in [4.78, 5) is 0. The van der Waals surface area contributed by atoms with Crippen molar-refractivity contribution in [2.24, 2.45) is 0 Å². The first-order chi connectivity index (χ1) is 6.84. The van der Waals surface area contributed by atoms with Crippen LogP contribution in [0.5, 0.6) is 0 Å². The van der Waals surface area contributed by atoms with Gasteiger partial charge in [-0.2, -0.15) is 0 Å². The summed E-state index contributed by atoms with van der Waals surface area (Å²) in [5.41, 5.74) is 1.32. The van der Waals surface area contributed by atoms with Crippen LogP contribution >= 0.6 is 0 Å². The Morgan fingerprint density at radius 1 is 1.50 bits per heavy atom. The van der Waals surface area contributed by atoms with Crippen LogP contribution in [0.2, 0.25) is 0 Å².